The van der Waals surface area contributed by atoms with Gasteiger partial charge in [0.1, 0.15) is 11.2 Å². The summed E-state index contributed by atoms with van der Waals surface area (Å²) in [4.78, 5) is 16.4. The Morgan fingerprint density at radius 1 is 1.44 bits per heavy atom. The third kappa shape index (κ3) is 2.56. The van der Waals surface area contributed by atoms with Gasteiger partial charge in [0.2, 0.25) is 0 Å². The number of hydrogen-bond acceptors (Lipinski definition) is 3. The van der Waals surface area contributed by atoms with Crippen molar-refractivity contribution in [3.05, 3.63) is 28.5 Å². The van der Waals surface area contributed by atoms with Gasteiger partial charge in [-0.15, -0.1) is 0 Å². The summed E-state index contributed by atoms with van der Waals surface area (Å²) in [6, 6.07) is 3.79. The van der Waals surface area contributed by atoms with E-state index in [1.807, 2.05) is 39.8 Å². The molecule has 0 fully saturated rings. The summed E-state index contributed by atoms with van der Waals surface area (Å²) < 4.78 is 7.69. The van der Waals surface area contributed by atoms with Crippen molar-refractivity contribution in [2.24, 2.45) is 0 Å². The monoisotopic (exact) mass is 310 g/mol. The second kappa shape index (κ2) is 4.39. The molecular weight excluding hydrogens is 296 g/mol. The van der Waals surface area contributed by atoms with Gasteiger partial charge in [0.25, 0.3) is 0 Å². The highest BCUT2D eigenvalue weighted by atomic mass is 79.9. The summed E-state index contributed by atoms with van der Waals surface area (Å²) >= 11 is 3.42. The van der Waals surface area contributed by atoms with E-state index in [0.717, 1.165) is 15.6 Å². The van der Waals surface area contributed by atoms with Crippen LogP contribution in [-0.4, -0.2) is 21.2 Å². The Morgan fingerprint density at radius 2 is 2.11 bits per heavy atom. The summed E-state index contributed by atoms with van der Waals surface area (Å²) in [5.74, 6) is 0. The minimum absolute atomic E-state index is 0.410. The van der Waals surface area contributed by atoms with E-state index < -0.39 is 11.7 Å². The molecule has 96 valence electrons. The molecule has 0 saturated heterocycles. The van der Waals surface area contributed by atoms with Crippen LogP contribution in [0, 0.1) is 6.92 Å². The molecule has 2 rings (SSSR count). The van der Waals surface area contributed by atoms with Crippen molar-refractivity contribution in [1.82, 2.24) is 9.55 Å². The second-order valence-electron chi connectivity index (χ2n) is 5.13. The molecule has 0 amide bonds. The van der Waals surface area contributed by atoms with Crippen LogP contribution in [0.5, 0.6) is 0 Å². The molecule has 0 aliphatic carbocycles. The first-order valence-corrected chi connectivity index (χ1v) is 6.45. The average Bonchev–Trinajstić information content (AvgIpc) is 2.59. The first kappa shape index (κ1) is 13.1. The Labute approximate surface area is 114 Å². The molecule has 4 nitrogen and oxygen atoms in total. The van der Waals surface area contributed by atoms with Gasteiger partial charge in [-0.2, -0.15) is 0 Å². The first-order valence-electron chi connectivity index (χ1n) is 5.65. The number of rotatable bonds is 0. The maximum atomic E-state index is 12.0. The molecule has 2 heterocycles. The predicted octanol–water partition coefficient (Wildman–Crippen LogP) is 3.89. The number of carbonyl (C=O) groups excluding carboxylic acids is 1. The van der Waals surface area contributed by atoms with Crippen LogP contribution in [0.4, 0.5) is 4.79 Å². The summed E-state index contributed by atoms with van der Waals surface area (Å²) in [6.45, 7) is 7.40. The van der Waals surface area contributed by atoms with Crippen LogP contribution in [0.1, 0.15) is 26.5 Å². The lowest BCUT2D eigenvalue weighted by Crippen LogP contribution is -2.26. The van der Waals surface area contributed by atoms with Crippen LogP contribution in [0.2, 0.25) is 0 Å². The van der Waals surface area contributed by atoms with Crippen LogP contribution in [0.3, 0.4) is 0 Å². The van der Waals surface area contributed by atoms with Crippen molar-refractivity contribution in [3.8, 4) is 0 Å². The van der Waals surface area contributed by atoms with E-state index in [4.69, 9.17) is 4.74 Å². The zero-order valence-electron chi connectivity index (χ0n) is 10.8. The van der Waals surface area contributed by atoms with E-state index in [9.17, 15) is 4.79 Å². The Kier molecular flexibility index (Phi) is 3.19. The highest BCUT2D eigenvalue weighted by Crippen LogP contribution is 2.22. The molecule has 0 saturated carbocycles. The number of pyridine rings is 1. The van der Waals surface area contributed by atoms with Crippen LogP contribution in [0.25, 0.3) is 11.0 Å². The van der Waals surface area contributed by atoms with Crippen LogP contribution in [-0.2, 0) is 4.74 Å². The first-order chi connectivity index (χ1) is 8.28. The van der Waals surface area contributed by atoms with Gasteiger partial charge in [0.05, 0.1) is 5.69 Å². The Bertz CT molecular complexity index is 611. The molecular formula is C13H15BrN2O2. The number of fused-ring (bicyclic) bond motifs is 1. The summed E-state index contributed by atoms with van der Waals surface area (Å²) in [7, 11) is 0. The van der Waals surface area contributed by atoms with Crippen molar-refractivity contribution in [3.63, 3.8) is 0 Å². The van der Waals surface area contributed by atoms with Gasteiger partial charge in [-0.25, -0.2) is 14.3 Å². The molecule has 0 aromatic carbocycles. The smallest absolute Gasteiger partial charge is 0.420 e. The maximum absolute atomic E-state index is 12.0. The van der Waals surface area contributed by atoms with Gasteiger partial charge >= 0.3 is 6.09 Å². The number of ether oxygens (including phenoxy) is 1. The zero-order chi connectivity index (χ0) is 13.5. The number of hydrogen-bond donors (Lipinski definition) is 0. The van der Waals surface area contributed by atoms with E-state index in [0.29, 0.717) is 5.65 Å². The number of aryl methyl sites for hydroxylation is 1. The van der Waals surface area contributed by atoms with Gasteiger partial charge in [0, 0.05) is 16.1 Å². The van der Waals surface area contributed by atoms with E-state index in [1.165, 1.54) is 4.57 Å². The number of carbonyl (C=O) groups is 1. The molecule has 0 N–H and O–H groups in total. The van der Waals surface area contributed by atoms with E-state index >= 15 is 0 Å². The quantitative estimate of drug-likeness (QED) is 0.741. The molecule has 2 aromatic heterocycles. The minimum atomic E-state index is -0.516. The normalized spacial score (nSPS) is 11.8. The Morgan fingerprint density at radius 3 is 2.72 bits per heavy atom. The highest BCUT2D eigenvalue weighted by Gasteiger charge is 2.19. The van der Waals surface area contributed by atoms with Crippen LogP contribution >= 0.6 is 15.9 Å². The summed E-state index contributed by atoms with van der Waals surface area (Å²) in [6.07, 6.45) is 1.27. The van der Waals surface area contributed by atoms with Gasteiger partial charge in [-0.3, -0.25) is 0 Å². The SMILES string of the molecule is Cc1nc2c(ccn2C(=O)OC(C)(C)C)cc1Br. The van der Waals surface area contributed by atoms with Gasteiger partial charge in [-0.05, 0) is 55.8 Å². The molecule has 2 aromatic rings. The van der Waals surface area contributed by atoms with Crippen molar-refractivity contribution >= 4 is 33.1 Å². The fourth-order valence-corrected chi connectivity index (χ4v) is 1.92. The standard InChI is InChI=1S/C13H15BrN2O2/c1-8-10(14)7-9-5-6-16(11(9)15-8)12(17)18-13(2,3)4/h5-7H,1-4H3. The molecule has 0 spiro atoms. The second-order valence-corrected chi connectivity index (χ2v) is 5.99. The van der Waals surface area contributed by atoms with Crippen LogP contribution < -0.4 is 0 Å². The van der Waals surface area contributed by atoms with Gasteiger partial charge in [0.15, 0.2) is 0 Å². The fourth-order valence-electron chi connectivity index (χ4n) is 1.58. The van der Waals surface area contributed by atoms with Crippen molar-refractivity contribution in [1.29, 1.82) is 0 Å². The fraction of sp³-hybridized carbons (Fsp3) is 0.385. The van der Waals surface area contributed by atoms with E-state index in [1.54, 1.807) is 6.20 Å². The van der Waals surface area contributed by atoms with E-state index in [2.05, 4.69) is 20.9 Å². The van der Waals surface area contributed by atoms with Crippen LogP contribution in [0.15, 0.2) is 22.8 Å². The lowest BCUT2D eigenvalue weighted by Gasteiger charge is -2.19. The van der Waals surface area contributed by atoms with E-state index in [-0.39, 0.29) is 0 Å². The molecule has 0 aliphatic heterocycles. The third-order valence-corrected chi connectivity index (χ3v) is 3.18. The minimum Gasteiger partial charge on any atom is -0.443 e. The predicted molar refractivity (Wildman–Crippen MR) is 73.8 cm³/mol. The average molecular weight is 311 g/mol. The summed E-state index contributed by atoms with van der Waals surface area (Å²) in [5, 5.41) is 0.901. The topological polar surface area (TPSA) is 44.1 Å². The zero-order valence-corrected chi connectivity index (χ0v) is 12.4. The lowest BCUT2D eigenvalue weighted by molar-refractivity contribution is 0.0543. The molecule has 18 heavy (non-hydrogen) atoms. The van der Waals surface area contributed by atoms with Gasteiger partial charge in [-0.1, -0.05) is 0 Å². The van der Waals surface area contributed by atoms with Crippen molar-refractivity contribution in [2.45, 2.75) is 33.3 Å². The lowest BCUT2D eigenvalue weighted by atomic mass is 10.2. The molecule has 5 heteroatoms. The number of halogens is 1. The Hall–Kier alpha value is -1.36. The van der Waals surface area contributed by atoms with Crippen molar-refractivity contribution in [2.75, 3.05) is 0 Å². The molecule has 0 unspecified atom stereocenters. The number of aromatic nitrogens is 2. The van der Waals surface area contributed by atoms with Crippen molar-refractivity contribution < 1.29 is 9.53 Å². The molecule has 0 atom stereocenters. The highest BCUT2D eigenvalue weighted by molar-refractivity contribution is 9.10. The number of nitrogens with zero attached hydrogens (tertiary/aromatic N) is 2. The molecule has 0 radical (unpaired) electrons. The largest absolute Gasteiger partial charge is 0.443 e. The maximum Gasteiger partial charge on any atom is 0.420 e. The molecule has 0 bridgehead atoms. The van der Waals surface area contributed by atoms with Gasteiger partial charge < -0.3 is 4.74 Å². The molecule has 0 aliphatic rings. The third-order valence-electron chi connectivity index (χ3n) is 2.38. The Balaban J connectivity index is 2.46. The summed E-state index contributed by atoms with van der Waals surface area (Å²) in [5.41, 5.74) is 0.939.